The molecule has 1 amide bonds. The first-order valence-electron chi connectivity index (χ1n) is 8.37. The minimum absolute atomic E-state index is 0.0326. The Morgan fingerprint density at radius 2 is 1.42 bits per heavy atom. The third kappa shape index (κ3) is 5.67. The minimum Gasteiger partial charge on any atom is -0.497 e. The summed E-state index contributed by atoms with van der Waals surface area (Å²) >= 11 is 0. The minimum atomic E-state index is -0.166. The molecule has 0 spiro atoms. The number of hydrogen-bond acceptors (Lipinski definition) is 5. The summed E-state index contributed by atoms with van der Waals surface area (Å²) in [5, 5.41) is 2.92. The van der Waals surface area contributed by atoms with Gasteiger partial charge in [-0.3, -0.25) is 4.79 Å². The molecule has 6 nitrogen and oxygen atoms in total. The lowest BCUT2D eigenvalue weighted by atomic mass is 10.1. The fraction of sp³-hybridized carbons (Fsp3) is 0.350. The van der Waals surface area contributed by atoms with Crippen LogP contribution in [0.2, 0.25) is 0 Å². The SMILES string of the molecule is COc1ccc(OCC(=O)NCC(c2ccc(OC)cc2)N(C)C)cc1. The number of hydrogen-bond donors (Lipinski definition) is 1. The number of amides is 1. The summed E-state index contributed by atoms with van der Waals surface area (Å²) in [5.41, 5.74) is 1.10. The lowest BCUT2D eigenvalue weighted by Crippen LogP contribution is -2.36. The van der Waals surface area contributed by atoms with Crippen molar-refractivity contribution in [2.75, 3.05) is 41.5 Å². The third-order valence-electron chi connectivity index (χ3n) is 4.05. The summed E-state index contributed by atoms with van der Waals surface area (Å²) in [6.07, 6.45) is 0. The highest BCUT2D eigenvalue weighted by Crippen LogP contribution is 2.21. The van der Waals surface area contributed by atoms with Crippen molar-refractivity contribution < 1.29 is 19.0 Å². The van der Waals surface area contributed by atoms with Crippen LogP contribution in [0.5, 0.6) is 17.2 Å². The molecule has 0 aliphatic carbocycles. The van der Waals surface area contributed by atoms with Crippen molar-refractivity contribution in [3.8, 4) is 17.2 Å². The molecule has 6 heteroatoms. The van der Waals surface area contributed by atoms with E-state index in [9.17, 15) is 4.79 Å². The molecule has 140 valence electrons. The van der Waals surface area contributed by atoms with Gasteiger partial charge in [0.05, 0.1) is 20.3 Å². The van der Waals surface area contributed by atoms with Gasteiger partial charge in [-0.05, 0) is 56.1 Å². The number of rotatable bonds is 9. The molecule has 0 aromatic heterocycles. The maximum Gasteiger partial charge on any atom is 0.258 e. The molecule has 0 saturated carbocycles. The van der Waals surface area contributed by atoms with E-state index in [1.165, 1.54) is 0 Å². The Labute approximate surface area is 154 Å². The quantitative estimate of drug-likeness (QED) is 0.746. The largest absolute Gasteiger partial charge is 0.497 e. The topological polar surface area (TPSA) is 60.0 Å². The van der Waals surface area contributed by atoms with Crippen molar-refractivity contribution >= 4 is 5.91 Å². The number of carbonyl (C=O) groups excluding carboxylic acids is 1. The van der Waals surface area contributed by atoms with Crippen molar-refractivity contribution in [3.63, 3.8) is 0 Å². The zero-order valence-corrected chi connectivity index (χ0v) is 15.7. The van der Waals surface area contributed by atoms with Crippen molar-refractivity contribution in [1.29, 1.82) is 0 Å². The van der Waals surface area contributed by atoms with Gasteiger partial charge in [0.1, 0.15) is 17.2 Å². The molecule has 1 N–H and O–H groups in total. The van der Waals surface area contributed by atoms with Crippen LogP contribution in [-0.4, -0.2) is 52.3 Å². The number of likely N-dealkylation sites (N-methyl/N-ethyl adjacent to an activating group) is 1. The molecule has 0 heterocycles. The molecular formula is C20H26N2O4. The van der Waals surface area contributed by atoms with Crippen LogP contribution in [0.3, 0.4) is 0 Å². The highest BCUT2D eigenvalue weighted by Gasteiger charge is 2.15. The molecule has 0 saturated heterocycles. The highest BCUT2D eigenvalue weighted by molar-refractivity contribution is 5.77. The first-order valence-corrected chi connectivity index (χ1v) is 8.37. The highest BCUT2D eigenvalue weighted by atomic mass is 16.5. The standard InChI is InChI=1S/C20H26N2O4/c1-22(2)19(15-5-7-16(24-3)8-6-15)13-21-20(23)14-26-18-11-9-17(25-4)10-12-18/h5-12,19H,13-14H2,1-4H3,(H,21,23). The Kier molecular flexibility index (Phi) is 7.29. The molecule has 26 heavy (non-hydrogen) atoms. The molecule has 1 unspecified atom stereocenters. The van der Waals surface area contributed by atoms with Gasteiger partial charge in [-0.2, -0.15) is 0 Å². The zero-order valence-electron chi connectivity index (χ0n) is 15.7. The van der Waals surface area contributed by atoms with Gasteiger partial charge in [0.25, 0.3) is 5.91 Å². The number of nitrogens with zero attached hydrogens (tertiary/aromatic N) is 1. The summed E-state index contributed by atoms with van der Waals surface area (Å²) in [7, 11) is 7.21. The molecule has 2 aromatic carbocycles. The van der Waals surface area contributed by atoms with E-state index >= 15 is 0 Å². The van der Waals surface area contributed by atoms with Gasteiger partial charge >= 0.3 is 0 Å². The predicted octanol–water partition coefficient (Wildman–Crippen LogP) is 2.50. The summed E-state index contributed by atoms with van der Waals surface area (Å²) in [4.78, 5) is 14.2. The van der Waals surface area contributed by atoms with Crippen molar-refractivity contribution in [1.82, 2.24) is 10.2 Å². The number of benzene rings is 2. The lowest BCUT2D eigenvalue weighted by Gasteiger charge is -2.25. The second-order valence-electron chi connectivity index (χ2n) is 6.02. The average Bonchev–Trinajstić information content (AvgIpc) is 2.67. The Bertz CT molecular complexity index is 684. The predicted molar refractivity (Wildman–Crippen MR) is 101 cm³/mol. The molecule has 0 radical (unpaired) electrons. The fourth-order valence-corrected chi connectivity index (χ4v) is 2.51. The van der Waals surface area contributed by atoms with Gasteiger partial charge in [-0.15, -0.1) is 0 Å². The normalized spacial score (nSPS) is 11.7. The lowest BCUT2D eigenvalue weighted by molar-refractivity contribution is -0.123. The maximum atomic E-state index is 12.1. The smallest absolute Gasteiger partial charge is 0.258 e. The van der Waals surface area contributed by atoms with E-state index in [4.69, 9.17) is 14.2 Å². The van der Waals surface area contributed by atoms with Crippen LogP contribution in [0, 0.1) is 0 Å². The summed E-state index contributed by atoms with van der Waals surface area (Å²) in [6.45, 7) is 0.458. The average molecular weight is 358 g/mol. The van der Waals surface area contributed by atoms with Crippen molar-refractivity contribution in [2.24, 2.45) is 0 Å². The second-order valence-corrected chi connectivity index (χ2v) is 6.02. The molecule has 0 aliphatic heterocycles. The Hall–Kier alpha value is -2.73. The van der Waals surface area contributed by atoms with Crippen LogP contribution in [0.15, 0.2) is 48.5 Å². The van der Waals surface area contributed by atoms with E-state index in [0.717, 1.165) is 17.1 Å². The van der Waals surface area contributed by atoms with E-state index in [1.807, 2.05) is 38.4 Å². The molecule has 2 aromatic rings. The molecule has 1 atom stereocenters. The van der Waals surface area contributed by atoms with Crippen molar-refractivity contribution in [2.45, 2.75) is 6.04 Å². The van der Waals surface area contributed by atoms with Crippen LogP contribution in [-0.2, 0) is 4.79 Å². The molecule has 0 aliphatic rings. The van der Waals surface area contributed by atoms with Crippen LogP contribution >= 0.6 is 0 Å². The van der Waals surface area contributed by atoms with Gasteiger partial charge in [-0.1, -0.05) is 12.1 Å². The summed E-state index contributed by atoms with van der Waals surface area (Å²) in [5.74, 6) is 2.01. The second kappa shape index (κ2) is 9.68. The zero-order chi connectivity index (χ0) is 18.9. The number of carbonyl (C=O) groups is 1. The van der Waals surface area contributed by atoms with E-state index in [2.05, 4.69) is 10.2 Å². The first-order chi connectivity index (χ1) is 12.5. The summed E-state index contributed by atoms with van der Waals surface area (Å²) < 4.78 is 15.8. The molecule has 2 rings (SSSR count). The van der Waals surface area contributed by atoms with E-state index in [-0.39, 0.29) is 18.6 Å². The van der Waals surface area contributed by atoms with E-state index < -0.39 is 0 Å². The van der Waals surface area contributed by atoms with Gasteiger partial charge in [0.2, 0.25) is 0 Å². The van der Waals surface area contributed by atoms with Crippen molar-refractivity contribution in [3.05, 3.63) is 54.1 Å². The Morgan fingerprint density at radius 1 is 0.923 bits per heavy atom. The fourth-order valence-electron chi connectivity index (χ4n) is 2.51. The number of methoxy groups -OCH3 is 2. The van der Waals surface area contributed by atoms with Crippen LogP contribution < -0.4 is 19.5 Å². The van der Waals surface area contributed by atoms with Crippen LogP contribution in [0.4, 0.5) is 0 Å². The van der Waals surface area contributed by atoms with Crippen LogP contribution in [0.1, 0.15) is 11.6 Å². The van der Waals surface area contributed by atoms with Gasteiger partial charge < -0.3 is 24.4 Å². The number of nitrogens with one attached hydrogen (secondary N) is 1. The maximum absolute atomic E-state index is 12.1. The van der Waals surface area contributed by atoms with E-state index in [1.54, 1.807) is 38.5 Å². The molecular weight excluding hydrogens is 332 g/mol. The molecule has 0 fully saturated rings. The van der Waals surface area contributed by atoms with Gasteiger partial charge in [0, 0.05) is 6.54 Å². The van der Waals surface area contributed by atoms with Gasteiger partial charge in [-0.25, -0.2) is 0 Å². The van der Waals surface area contributed by atoms with Crippen LogP contribution in [0.25, 0.3) is 0 Å². The Morgan fingerprint density at radius 3 is 1.92 bits per heavy atom. The first kappa shape index (κ1) is 19.6. The van der Waals surface area contributed by atoms with E-state index in [0.29, 0.717) is 12.3 Å². The summed E-state index contributed by atoms with van der Waals surface area (Å²) in [6, 6.07) is 15.0. The number of ether oxygens (including phenoxy) is 3. The monoisotopic (exact) mass is 358 g/mol. The molecule has 0 bridgehead atoms. The van der Waals surface area contributed by atoms with Gasteiger partial charge in [0.15, 0.2) is 6.61 Å². The third-order valence-corrected chi connectivity index (χ3v) is 4.05. The Balaban J connectivity index is 1.86.